The Balaban J connectivity index is 1.56. The third kappa shape index (κ3) is 2.12. The van der Waals surface area contributed by atoms with Gasteiger partial charge in [-0.1, -0.05) is 6.92 Å². The summed E-state index contributed by atoms with van der Waals surface area (Å²) in [7, 11) is 1.75. The Morgan fingerprint density at radius 2 is 1.73 bits per heavy atom. The van der Waals surface area contributed by atoms with E-state index in [1.165, 1.54) is 32.1 Å². The molecule has 126 valence electrons. The van der Waals surface area contributed by atoms with Crippen molar-refractivity contribution in [3.63, 3.8) is 0 Å². The zero-order valence-corrected chi connectivity index (χ0v) is 14.1. The molecular formula is C19H32O3. The van der Waals surface area contributed by atoms with E-state index in [9.17, 15) is 10.2 Å². The molecule has 3 unspecified atom stereocenters. The number of hydrogen-bond donors (Lipinski definition) is 2. The zero-order valence-electron chi connectivity index (χ0n) is 14.1. The highest BCUT2D eigenvalue weighted by molar-refractivity contribution is 5.06. The molecule has 3 heteroatoms. The molecule has 2 N–H and O–H groups in total. The minimum atomic E-state index is -0.259. The average molecular weight is 308 g/mol. The highest BCUT2D eigenvalue weighted by atomic mass is 16.5. The van der Waals surface area contributed by atoms with E-state index in [2.05, 4.69) is 6.92 Å². The fraction of sp³-hybridized carbons (Fsp3) is 1.00. The van der Waals surface area contributed by atoms with Gasteiger partial charge in [-0.25, -0.2) is 0 Å². The van der Waals surface area contributed by atoms with Crippen LogP contribution in [0.25, 0.3) is 0 Å². The van der Waals surface area contributed by atoms with E-state index in [0.717, 1.165) is 42.9 Å². The molecule has 4 saturated carbocycles. The summed E-state index contributed by atoms with van der Waals surface area (Å²) in [6.07, 6.45) is 9.02. The number of ether oxygens (including phenoxy) is 1. The standard InChI is InChI=1S/C19H32O3/c1-19-8-7-12-13(15(19)5-6-18(19)21)4-3-11-9-16(20)17(22-2)10-14(11)12/h11-18,20-21H,3-10H2,1-2H3/t11?,12-,13+,14-,15-,16?,17?,18-,19-/m0/s1. The number of rotatable bonds is 1. The second-order valence-corrected chi connectivity index (χ2v) is 8.89. The van der Waals surface area contributed by atoms with E-state index in [1.54, 1.807) is 7.11 Å². The third-order valence-corrected chi connectivity index (χ3v) is 8.25. The molecular weight excluding hydrogens is 276 g/mol. The summed E-state index contributed by atoms with van der Waals surface area (Å²) in [6.45, 7) is 2.35. The number of aliphatic hydroxyl groups excluding tert-OH is 2. The second kappa shape index (κ2) is 5.46. The van der Waals surface area contributed by atoms with Crippen LogP contribution >= 0.6 is 0 Å². The van der Waals surface area contributed by atoms with Crippen LogP contribution in [0.15, 0.2) is 0 Å². The fourth-order valence-electron chi connectivity index (χ4n) is 7.01. The SMILES string of the molecule is COC1C[C@H]2C(CC[C@@H]3[C@@H]2CC[C@]2(C)[C@@H](O)CC[C@@H]32)CC1O. The first-order valence-electron chi connectivity index (χ1n) is 9.43. The van der Waals surface area contributed by atoms with Crippen molar-refractivity contribution in [2.45, 2.75) is 76.6 Å². The van der Waals surface area contributed by atoms with Crippen LogP contribution in [0.3, 0.4) is 0 Å². The summed E-state index contributed by atoms with van der Waals surface area (Å²) in [5.74, 6) is 3.81. The van der Waals surface area contributed by atoms with Gasteiger partial charge >= 0.3 is 0 Å². The van der Waals surface area contributed by atoms with E-state index in [4.69, 9.17) is 4.74 Å². The van der Waals surface area contributed by atoms with Crippen molar-refractivity contribution in [3.8, 4) is 0 Å². The molecule has 3 nitrogen and oxygen atoms in total. The van der Waals surface area contributed by atoms with Gasteiger partial charge < -0.3 is 14.9 Å². The Labute approximate surface area is 134 Å². The van der Waals surface area contributed by atoms with Crippen LogP contribution in [0.1, 0.15) is 58.3 Å². The van der Waals surface area contributed by atoms with Crippen LogP contribution in [0, 0.1) is 35.0 Å². The van der Waals surface area contributed by atoms with Gasteiger partial charge in [-0.3, -0.25) is 0 Å². The number of hydrogen-bond acceptors (Lipinski definition) is 3. The van der Waals surface area contributed by atoms with Crippen molar-refractivity contribution in [1.82, 2.24) is 0 Å². The van der Waals surface area contributed by atoms with Gasteiger partial charge in [0, 0.05) is 7.11 Å². The quantitative estimate of drug-likeness (QED) is 0.783. The maximum absolute atomic E-state index is 10.5. The van der Waals surface area contributed by atoms with Crippen molar-refractivity contribution in [1.29, 1.82) is 0 Å². The minimum absolute atomic E-state index is 0.0440. The van der Waals surface area contributed by atoms with Crippen molar-refractivity contribution < 1.29 is 14.9 Å². The van der Waals surface area contributed by atoms with Crippen LogP contribution in [-0.4, -0.2) is 35.6 Å². The Hall–Kier alpha value is -0.120. The van der Waals surface area contributed by atoms with Gasteiger partial charge in [0.2, 0.25) is 0 Å². The van der Waals surface area contributed by atoms with Gasteiger partial charge in [0.1, 0.15) is 0 Å². The lowest BCUT2D eigenvalue weighted by Gasteiger charge is -2.56. The lowest BCUT2D eigenvalue weighted by atomic mass is 9.50. The first-order valence-corrected chi connectivity index (χ1v) is 9.43. The van der Waals surface area contributed by atoms with E-state index in [0.29, 0.717) is 5.92 Å². The van der Waals surface area contributed by atoms with Crippen molar-refractivity contribution >= 4 is 0 Å². The maximum atomic E-state index is 10.5. The summed E-state index contributed by atoms with van der Waals surface area (Å²) >= 11 is 0. The molecule has 4 aliphatic carbocycles. The number of fused-ring (bicyclic) bond motifs is 5. The molecule has 4 fully saturated rings. The largest absolute Gasteiger partial charge is 0.393 e. The lowest BCUT2D eigenvalue weighted by Crippen LogP contribution is -2.52. The van der Waals surface area contributed by atoms with Gasteiger partial charge in [-0.15, -0.1) is 0 Å². The van der Waals surface area contributed by atoms with Gasteiger partial charge in [0.25, 0.3) is 0 Å². The van der Waals surface area contributed by atoms with E-state index >= 15 is 0 Å². The lowest BCUT2D eigenvalue weighted by molar-refractivity contribution is -0.127. The topological polar surface area (TPSA) is 49.7 Å². The fourth-order valence-corrected chi connectivity index (χ4v) is 7.01. The Kier molecular flexibility index (Phi) is 3.82. The van der Waals surface area contributed by atoms with Gasteiger partial charge in [-0.05, 0) is 86.4 Å². The van der Waals surface area contributed by atoms with Crippen molar-refractivity contribution in [3.05, 3.63) is 0 Å². The summed E-state index contributed by atoms with van der Waals surface area (Å²) in [4.78, 5) is 0. The van der Waals surface area contributed by atoms with E-state index < -0.39 is 0 Å². The molecule has 0 bridgehead atoms. The first-order chi connectivity index (χ1) is 10.5. The number of methoxy groups -OCH3 is 1. The Morgan fingerprint density at radius 1 is 0.909 bits per heavy atom. The van der Waals surface area contributed by atoms with Gasteiger partial charge in [0.05, 0.1) is 18.3 Å². The normalized spacial score (nSPS) is 57.8. The van der Waals surface area contributed by atoms with Crippen molar-refractivity contribution in [2.24, 2.45) is 35.0 Å². The highest BCUT2D eigenvalue weighted by Crippen LogP contribution is 2.62. The molecule has 4 aliphatic rings. The van der Waals surface area contributed by atoms with Gasteiger partial charge in [0.15, 0.2) is 0 Å². The van der Waals surface area contributed by atoms with Crippen LogP contribution in [0.5, 0.6) is 0 Å². The van der Waals surface area contributed by atoms with Crippen LogP contribution in [0.4, 0.5) is 0 Å². The molecule has 0 aromatic heterocycles. The van der Waals surface area contributed by atoms with Crippen molar-refractivity contribution in [2.75, 3.05) is 7.11 Å². The van der Waals surface area contributed by atoms with Crippen LogP contribution < -0.4 is 0 Å². The van der Waals surface area contributed by atoms with Gasteiger partial charge in [-0.2, -0.15) is 0 Å². The molecule has 0 saturated heterocycles. The average Bonchev–Trinajstić information content (AvgIpc) is 2.82. The molecule has 0 aromatic rings. The Bertz CT molecular complexity index is 425. The summed E-state index contributed by atoms with van der Waals surface area (Å²) in [5.41, 5.74) is 0.183. The molecule has 0 aliphatic heterocycles. The second-order valence-electron chi connectivity index (χ2n) is 8.89. The first kappa shape index (κ1) is 15.4. The predicted molar refractivity (Wildman–Crippen MR) is 85.3 cm³/mol. The Morgan fingerprint density at radius 3 is 2.50 bits per heavy atom. The maximum Gasteiger partial charge on any atom is 0.0833 e. The summed E-state index contributed by atoms with van der Waals surface area (Å²) < 4.78 is 5.57. The van der Waals surface area contributed by atoms with E-state index in [1.807, 2.05) is 0 Å². The molecule has 9 atom stereocenters. The minimum Gasteiger partial charge on any atom is -0.393 e. The predicted octanol–water partition coefficient (Wildman–Crippen LogP) is 2.99. The zero-order chi connectivity index (χ0) is 15.5. The number of aliphatic hydroxyl groups is 2. The molecule has 22 heavy (non-hydrogen) atoms. The molecule has 0 radical (unpaired) electrons. The van der Waals surface area contributed by atoms with Crippen LogP contribution in [-0.2, 0) is 4.74 Å². The molecule has 0 spiro atoms. The van der Waals surface area contributed by atoms with Crippen LogP contribution in [0.2, 0.25) is 0 Å². The third-order valence-electron chi connectivity index (χ3n) is 8.25. The van der Waals surface area contributed by atoms with E-state index in [-0.39, 0.29) is 23.7 Å². The molecule has 0 heterocycles. The molecule has 4 rings (SSSR count). The highest BCUT2D eigenvalue weighted by Gasteiger charge is 2.57. The smallest absolute Gasteiger partial charge is 0.0833 e. The molecule has 0 amide bonds. The molecule has 0 aromatic carbocycles. The summed E-state index contributed by atoms with van der Waals surface area (Å²) in [6, 6.07) is 0. The summed E-state index contributed by atoms with van der Waals surface area (Å²) in [5, 5.41) is 20.7. The monoisotopic (exact) mass is 308 g/mol.